The van der Waals surface area contributed by atoms with E-state index in [0.717, 1.165) is 28.5 Å². The number of aromatic hydroxyl groups is 1. The molecule has 7 atom stereocenters. The number of carboxylic acid groups (broad SMARTS) is 2. The monoisotopic (exact) mass is 1130 g/mol. The summed E-state index contributed by atoms with van der Waals surface area (Å²) in [6, 6.07) is 4.21. The molecule has 30 heteroatoms. The van der Waals surface area contributed by atoms with Crippen LogP contribution < -0.4 is 60.2 Å². The number of rotatable bonds is 19. The molecule has 0 aromatic heterocycles. The van der Waals surface area contributed by atoms with Gasteiger partial charge in [0.15, 0.2) is 5.96 Å². The van der Waals surface area contributed by atoms with E-state index in [1.165, 1.54) is 17.0 Å². The minimum absolute atomic E-state index is 0.00665. The Morgan fingerprint density at radius 3 is 1.94 bits per heavy atom. The summed E-state index contributed by atoms with van der Waals surface area (Å²) in [6.45, 7) is 0.661. The summed E-state index contributed by atoms with van der Waals surface area (Å²) in [5, 5.41) is 44.6. The maximum atomic E-state index is 14.5. The molecule has 28 nitrogen and oxygen atoms in total. The molecule has 78 heavy (non-hydrogen) atoms. The number of hydrogen-bond donors (Lipinski definition) is 14. The van der Waals surface area contributed by atoms with Gasteiger partial charge in [0.2, 0.25) is 59.1 Å². The highest BCUT2D eigenvalue weighted by molar-refractivity contribution is 8.76. The van der Waals surface area contributed by atoms with Crippen LogP contribution in [0.5, 0.6) is 5.75 Å². The number of nitrogens with zero attached hydrogens (tertiary/aromatic N) is 2. The zero-order valence-electron chi connectivity index (χ0n) is 42.6. The molecule has 2 aromatic carbocycles. The van der Waals surface area contributed by atoms with Crippen LogP contribution in [0.1, 0.15) is 69.4 Å². The molecule has 10 amide bonds. The van der Waals surface area contributed by atoms with E-state index in [4.69, 9.17) is 32.8 Å². The van der Waals surface area contributed by atoms with E-state index >= 15 is 0 Å². The molecule has 0 bridgehead atoms. The number of nitrogens with one attached hydrogen (secondary N) is 7. The number of aliphatic imine (C=N–C) groups is 1. The second kappa shape index (κ2) is 33.1. The third-order valence-electron chi connectivity index (χ3n) is 11.5. The summed E-state index contributed by atoms with van der Waals surface area (Å²) < 4.78 is 0. The first kappa shape index (κ1) is 64.1. The zero-order valence-corrected chi connectivity index (χ0v) is 44.2. The van der Waals surface area contributed by atoms with Gasteiger partial charge in [-0.3, -0.25) is 62.5 Å². The van der Waals surface area contributed by atoms with E-state index < -0.39 is 139 Å². The molecule has 2 heterocycles. The molecular weight excluding hydrogens is 1060 g/mol. The van der Waals surface area contributed by atoms with Gasteiger partial charge in [-0.1, -0.05) is 64.1 Å². The number of aliphatic carboxylic acids is 2. The average Bonchev–Trinajstić information content (AvgIpc) is 3.89. The van der Waals surface area contributed by atoms with Gasteiger partial charge in [0.05, 0.1) is 13.0 Å². The number of benzene rings is 2. The Hall–Kier alpha value is -8.15. The van der Waals surface area contributed by atoms with Crippen LogP contribution >= 0.6 is 21.6 Å². The van der Waals surface area contributed by atoms with E-state index in [1.807, 2.05) is 0 Å². The molecule has 0 spiro atoms. The van der Waals surface area contributed by atoms with Gasteiger partial charge in [0.1, 0.15) is 48.0 Å². The number of hydrogen-bond acceptors (Lipinski definition) is 16. The van der Waals surface area contributed by atoms with E-state index in [-0.39, 0.29) is 74.8 Å². The Morgan fingerprint density at radius 2 is 1.33 bits per heavy atom. The number of nitrogens with two attached hydrogens (primary N) is 4. The minimum Gasteiger partial charge on any atom is -0.508 e. The normalized spacial score (nSPS) is 20.9. The first-order chi connectivity index (χ1) is 36.9. The smallest absolute Gasteiger partial charge is 0.303 e. The summed E-state index contributed by atoms with van der Waals surface area (Å²) in [4.78, 5) is 161. The fourth-order valence-corrected chi connectivity index (χ4v) is 9.91. The van der Waals surface area contributed by atoms with E-state index in [2.05, 4.69) is 42.2 Å². The maximum Gasteiger partial charge on any atom is 0.303 e. The first-order valence-electron chi connectivity index (χ1n) is 24.4. The van der Waals surface area contributed by atoms with Crippen LogP contribution in [-0.2, 0) is 70.4 Å². The van der Waals surface area contributed by atoms with Gasteiger partial charge in [-0.25, -0.2) is 0 Å². The van der Waals surface area contributed by atoms with Gasteiger partial charge in [-0.2, -0.15) is 0 Å². The van der Waals surface area contributed by atoms with Gasteiger partial charge in [0, 0.05) is 57.2 Å². The van der Waals surface area contributed by atoms with Crippen molar-refractivity contribution in [2.75, 3.05) is 31.1 Å². The van der Waals surface area contributed by atoms with Crippen LogP contribution in [-0.4, -0.2) is 171 Å². The minimum atomic E-state index is -1.80. The van der Waals surface area contributed by atoms with Crippen molar-refractivity contribution in [2.24, 2.45) is 27.9 Å². The summed E-state index contributed by atoms with van der Waals surface area (Å²) in [5.41, 5.74) is 22.6. The van der Waals surface area contributed by atoms with E-state index in [0.29, 0.717) is 17.5 Å². The van der Waals surface area contributed by atoms with Crippen LogP contribution in [0.25, 0.3) is 0 Å². The number of primary amides is 2. The van der Waals surface area contributed by atoms with Crippen molar-refractivity contribution >= 4 is 98.6 Å². The van der Waals surface area contributed by atoms with Crippen LogP contribution in [0.15, 0.2) is 59.6 Å². The quantitative estimate of drug-likeness (QED) is 0.0279. The molecule has 426 valence electrons. The summed E-state index contributed by atoms with van der Waals surface area (Å²) in [7, 11) is 2.17. The number of phenolic OH excluding ortho intramolecular Hbond substituents is 1. The van der Waals surface area contributed by atoms with Gasteiger partial charge in [0.25, 0.3) is 5.97 Å². The second-order valence-electron chi connectivity index (χ2n) is 17.8. The number of carboxylic acids is 2. The number of phenols is 1. The lowest BCUT2D eigenvalue weighted by atomic mass is 10.0. The molecule has 4 rings (SSSR count). The Morgan fingerprint density at radius 1 is 0.756 bits per heavy atom. The molecule has 0 saturated carbocycles. The molecular formula is C48H67N13O15S2. The van der Waals surface area contributed by atoms with E-state index in [1.54, 1.807) is 42.5 Å². The number of likely N-dealkylation sites (tertiary alicyclic amines) is 1. The molecule has 0 aliphatic carbocycles. The van der Waals surface area contributed by atoms with Crippen LogP contribution in [0, 0.1) is 0 Å². The van der Waals surface area contributed by atoms with Crippen molar-refractivity contribution in [2.45, 2.75) is 113 Å². The Labute approximate surface area is 455 Å². The highest BCUT2D eigenvalue weighted by Gasteiger charge is 2.40. The summed E-state index contributed by atoms with van der Waals surface area (Å²) in [6.07, 6.45) is -1.79. The molecule has 2 aliphatic rings. The first-order valence-corrected chi connectivity index (χ1v) is 26.9. The predicted octanol–water partition coefficient (Wildman–Crippen LogP) is -3.65. The third-order valence-corrected chi connectivity index (χ3v) is 13.9. The van der Waals surface area contributed by atoms with Crippen molar-refractivity contribution in [3.8, 4) is 5.75 Å². The van der Waals surface area contributed by atoms with Crippen LogP contribution in [0.3, 0.4) is 0 Å². The highest BCUT2D eigenvalue weighted by atomic mass is 33.1. The van der Waals surface area contributed by atoms with Crippen LogP contribution in [0.4, 0.5) is 0 Å². The van der Waals surface area contributed by atoms with Crippen molar-refractivity contribution in [3.63, 3.8) is 0 Å². The zero-order chi connectivity index (χ0) is 57.9. The topological polar surface area (TPSA) is 469 Å². The van der Waals surface area contributed by atoms with Crippen molar-refractivity contribution in [3.05, 3.63) is 65.7 Å². The second-order valence-corrected chi connectivity index (χ2v) is 20.4. The maximum absolute atomic E-state index is 14.5. The van der Waals surface area contributed by atoms with Crippen molar-refractivity contribution in [1.29, 1.82) is 0 Å². The lowest BCUT2D eigenvalue weighted by Crippen LogP contribution is -2.61. The summed E-state index contributed by atoms with van der Waals surface area (Å²) in [5.74, 6) is -11.3. The molecule has 2 aromatic rings. The van der Waals surface area contributed by atoms with Gasteiger partial charge < -0.3 is 80.4 Å². The molecule has 2 saturated heterocycles. The van der Waals surface area contributed by atoms with E-state index in [9.17, 15) is 63.0 Å². The third kappa shape index (κ3) is 23.8. The Kier molecular flexibility index (Phi) is 27.2. The van der Waals surface area contributed by atoms with Crippen LogP contribution in [0.2, 0.25) is 0 Å². The lowest BCUT2D eigenvalue weighted by molar-refractivity contribution is -0.142. The largest absolute Gasteiger partial charge is 0.508 e. The molecule has 0 radical (unpaired) electrons. The standard InChI is InChI=1S/C46H63N13O13S2.C2H4O2/c47-35(61)22-32-43(70)58-33(45(72)59-18-5-9-34(59)44(71)55-28(8-4-17-51-46(49)50)39(66)52-23-36(48)62)24-74-73-19-16-37(63)53-30(21-26-10-12-27(60)13-11-26)41(68)56-31(20-25-6-2-1-3-7-25)42(69)54-29(40(67)57-32)14-15-38(64)65;1-2(3)4/h1-3,6-7,10-13,28-34,60H,4-5,8-9,14-24H2,(H2,47,61)(H2,48,62)(H,52,66)(H,53,63)(H,54,69)(H,55,71)(H,56,68)(H,57,67)(H,58,70)(H,64,65)(H4,49,50,51);1H3,(H,3,4)/t28-,29+,30+,31+,32+,33+,34+;/m1./s1. The fraction of sp³-hybridized carbons (Fsp3) is 0.479. The highest BCUT2D eigenvalue weighted by Crippen LogP contribution is 2.26. The number of carbonyl (C=O) groups is 12. The van der Waals surface area contributed by atoms with Crippen molar-refractivity contribution in [1.82, 2.24) is 42.1 Å². The number of guanidine groups is 1. The number of amides is 10. The van der Waals surface area contributed by atoms with Crippen molar-refractivity contribution < 1.29 is 72.9 Å². The Bertz CT molecular complexity index is 2480. The summed E-state index contributed by atoms with van der Waals surface area (Å²) >= 11 is 0. The number of carbonyl (C=O) groups excluding carboxylic acids is 10. The fourth-order valence-electron chi connectivity index (χ4n) is 7.76. The average molecular weight is 1130 g/mol. The molecule has 2 aliphatic heterocycles. The lowest BCUT2D eigenvalue weighted by Gasteiger charge is -2.31. The predicted molar refractivity (Wildman–Crippen MR) is 284 cm³/mol. The molecule has 0 unspecified atom stereocenters. The van der Waals surface area contributed by atoms with Gasteiger partial charge >= 0.3 is 5.97 Å². The SMILES string of the molecule is CC(=O)O.NC(=O)CNC(=O)[C@@H](CCCN=C(N)N)NC(=O)[C@@H]1CCCN1C(=O)[C@@H]1CSSCCC(=O)N[C@@H](Cc2ccc(O)cc2)C(=O)N[C@@H](Cc2ccccc2)C(=O)N[C@@H](CCC(=O)O)C(=O)N[C@@H](CC(N)=O)C(=O)N1. The van der Waals surface area contributed by atoms with Gasteiger partial charge in [-0.05, 0) is 55.4 Å². The van der Waals surface area contributed by atoms with Gasteiger partial charge in [-0.15, -0.1) is 0 Å². The molecule has 18 N–H and O–H groups in total. The molecule has 2 fully saturated rings. The Balaban J connectivity index is 0.00000386.